The summed E-state index contributed by atoms with van der Waals surface area (Å²) < 4.78 is 50.2. The minimum absolute atomic E-state index is 0.0327. The van der Waals surface area contributed by atoms with Crippen LogP contribution in [-0.4, -0.2) is 101 Å². The second-order valence-corrected chi connectivity index (χ2v) is 13.3. The summed E-state index contributed by atoms with van der Waals surface area (Å²) in [7, 11) is -2.21. The van der Waals surface area contributed by atoms with Crippen molar-refractivity contribution in [3.8, 4) is 11.5 Å². The van der Waals surface area contributed by atoms with E-state index in [-0.39, 0.29) is 29.6 Å². The number of ether oxygens (including phenoxy) is 4. The minimum Gasteiger partial charge on any atom is -0.497 e. The van der Waals surface area contributed by atoms with Gasteiger partial charge in [0.05, 0.1) is 37.6 Å². The van der Waals surface area contributed by atoms with Gasteiger partial charge in [-0.3, -0.25) is 9.69 Å². The lowest BCUT2D eigenvalue weighted by atomic mass is 9.85. The molecular formula is C34H41N3O8S. The smallest absolute Gasteiger partial charge is 0.252 e. The van der Waals surface area contributed by atoms with Crippen LogP contribution in [0, 0.1) is 0 Å². The van der Waals surface area contributed by atoms with Gasteiger partial charge >= 0.3 is 0 Å². The molecule has 2 aliphatic heterocycles. The molecule has 3 aromatic rings. The first kappa shape index (κ1) is 33.4. The largest absolute Gasteiger partial charge is 0.497 e. The maximum atomic E-state index is 14.4. The molecule has 246 valence electrons. The summed E-state index contributed by atoms with van der Waals surface area (Å²) in [6, 6.07) is 22.5. The van der Waals surface area contributed by atoms with E-state index in [4.69, 9.17) is 29.0 Å². The number of carbonyl (C=O) groups is 1. The molecule has 0 unspecified atom stereocenters. The summed E-state index contributed by atoms with van der Waals surface area (Å²) in [5, 5.41) is 12.1. The molecule has 46 heavy (non-hydrogen) atoms. The number of rotatable bonds is 15. The highest BCUT2D eigenvalue weighted by atomic mass is 32.2. The number of benzene rings is 3. The van der Waals surface area contributed by atoms with Crippen LogP contribution in [0.15, 0.2) is 88.8 Å². The lowest BCUT2D eigenvalue weighted by molar-refractivity contribution is -0.129. The summed E-state index contributed by atoms with van der Waals surface area (Å²) >= 11 is 0. The van der Waals surface area contributed by atoms with Crippen LogP contribution in [0.5, 0.6) is 11.5 Å². The molecule has 0 bridgehead atoms. The summed E-state index contributed by atoms with van der Waals surface area (Å²) in [6.07, 6.45) is -0.552. The Balaban J connectivity index is 1.50. The van der Waals surface area contributed by atoms with Gasteiger partial charge in [0.25, 0.3) is 5.91 Å². The first-order chi connectivity index (χ1) is 22.3. The average Bonchev–Trinajstić information content (AvgIpc) is 3.50. The molecule has 2 heterocycles. The van der Waals surface area contributed by atoms with Crippen molar-refractivity contribution in [3.05, 3.63) is 90.0 Å². The summed E-state index contributed by atoms with van der Waals surface area (Å²) in [5.41, 5.74) is -0.371. The van der Waals surface area contributed by atoms with Gasteiger partial charge in [0, 0.05) is 51.2 Å². The Morgan fingerprint density at radius 3 is 2.52 bits per heavy atom. The normalized spacial score (nSPS) is 20.0. The van der Waals surface area contributed by atoms with Gasteiger partial charge in [-0.25, -0.2) is 13.4 Å². The van der Waals surface area contributed by atoms with E-state index in [2.05, 4.69) is 10.2 Å². The van der Waals surface area contributed by atoms with Crippen molar-refractivity contribution in [3.63, 3.8) is 0 Å². The van der Waals surface area contributed by atoms with Crippen molar-refractivity contribution in [1.29, 1.82) is 0 Å². The second-order valence-electron chi connectivity index (χ2n) is 11.2. The SMILES string of the molecule is COc1cccc([C@H]2OC(c3ccc(OCCCO)cc3)=N[C@@]2(CCS(=O)(=O)c2ccccc2)C(=O)NCCN2CCOCC2)c1. The van der Waals surface area contributed by atoms with Crippen molar-refractivity contribution in [2.45, 2.75) is 29.4 Å². The number of hydrogen-bond acceptors (Lipinski definition) is 10. The Morgan fingerprint density at radius 2 is 1.80 bits per heavy atom. The van der Waals surface area contributed by atoms with E-state index in [0.717, 1.165) is 13.1 Å². The average molecular weight is 652 g/mol. The second kappa shape index (κ2) is 15.5. The fourth-order valence-electron chi connectivity index (χ4n) is 5.52. The van der Waals surface area contributed by atoms with Crippen LogP contribution in [0.2, 0.25) is 0 Å². The first-order valence-corrected chi connectivity index (χ1v) is 17.1. The molecule has 1 saturated heterocycles. The molecule has 5 rings (SSSR count). The molecule has 3 aromatic carbocycles. The van der Waals surface area contributed by atoms with E-state index in [0.29, 0.717) is 62.0 Å². The zero-order valence-electron chi connectivity index (χ0n) is 26.0. The van der Waals surface area contributed by atoms with Gasteiger partial charge < -0.3 is 29.4 Å². The summed E-state index contributed by atoms with van der Waals surface area (Å²) in [5.74, 6) is 0.649. The monoisotopic (exact) mass is 651 g/mol. The number of methoxy groups -OCH3 is 1. The van der Waals surface area contributed by atoms with E-state index < -0.39 is 27.4 Å². The number of morpholine rings is 1. The van der Waals surface area contributed by atoms with Crippen LogP contribution >= 0.6 is 0 Å². The number of aliphatic hydroxyl groups excluding tert-OH is 1. The van der Waals surface area contributed by atoms with Crippen LogP contribution in [0.4, 0.5) is 0 Å². The Labute approximate surface area is 270 Å². The maximum Gasteiger partial charge on any atom is 0.252 e. The molecule has 2 atom stereocenters. The molecule has 12 heteroatoms. The summed E-state index contributed by atoms with van der Waals surface area (Å²) in [4.78, 5) is 21.7. The Morgan fingerprint density at radius 1 is 1.04 bits per heavy atom. The molecule has 0 aliphatic carbocycles. The van der Waals surface area contributed by atoms with E-state index in [1.807, 2.05) is 6.07 Å². The molecule has 0 aromatic heterocycles. The predicted octanol–water partition coefficient (Wildman–Crippen LogP) is 3.03. The molecule has 0 spiro atoms. The van der Waals surface area contributed by atoms with Crippen molar-refractivity contribution in [2.75, 3.05) is 65.5 Å². The molecule has 2 aliphatic rings. The van der Waals surface area contributed by atoms with Crippen LogP contribution in [0.1, 0.15) is 30.1 Å². The molecule has 1 fully saturated rings. The standard InChI is InChI=1S/C34H41N3O8S/c1-42-29-8-5-7-27(25-29)31-34(15-24-46(40,41)30-9-3-2-4-10-30,33(39)35-16-17-37-18-22-43-23-19-37)36-32(45-31)26-11-13-28(14-12-26)44-21-6-20-38/h2-5,7-14,25,31,38H,6,15-24H2,1H3,(H,35,39)/t31-,34-/m1/s1. The third kappa shape index (κ3) is 8.05. The predicted molar refractivity (Wildman–Crippen MR) is 173 cm³/mol. The van der Waals surface area contributed by atoms with Gasteiger partial charge in [-0.05, 0) is 54.1 Å². The summed E-state index contributed by atoms with van der Waals surface area (Å²) in [6.45, 7) is 4.19. The number of nitrogens with one attached hydrogen (secondary N) is 1. The van der Waals surface area contributed by atoms with Gasteiger partial charge in [-0.2, -0.15) is 0 Å². The fourth-order valence-corrected chi connectivity index (χ4v) is 6.90. The van der Waals surface area contributed by atoms with Gasteiger partial charge in [0.15, 0.2) is 21.5 Å². The first-order valence-electron chi connectivity index (χ1n) is 15.5. The highest BCUT2D eigenvalue weighted by molar-refractivity contribution is 7.91. The highest BCUT2D eigenvalue weighted by Crippen LogP contribution is 2.43. The Kier molecular flexibility index (Phi) is 11.3. The Bertz CT molecular complexity index is 1580. The topological polar surface area (TPSA) is 136 Å². The van der Waals surface area contributed by atoms with E-state index >= 15 is 0 Å². The van der Waals surface area contributed by atoms with Crippen molar-refractivity contribution < 1.29 is 37.3 Å². The number of nitrogens with zero attached hydrogens (tertiary/aromatic N) is 2. The third-order valence-electron chi connectivity index (χ3n) is 8.10. The van der Waals surface area contributed by atoms with Crippen LogP contribution in [0.25, 0.3) is 0 Å². The maximum absolute atomic E-state index is 14.4. The van der Waals surface area contributed by atoms with Crippen LogP contribution in [0.3, 0.4) is 0 Å². The number of aliphatic hydroxyl groups is 1. The van der Waals surface area contributed by atoms with Crippen LogP contribution in [-0.2, 0) is 24.1 Å². The number of aliphatic imine (C=N–C) groups is 1. The number of sulfone groups is 1. The van der Waals surface area contributed by atoms with E-state index in [9.17, 15) is 13.2 Å². The zero-order chi connectivity index (χ0) is 32.4. The third-order valence-corrected chi connectivity index (χ3v) is 9.83. The lowest BCUT2D eigenvalue weighted by Crippen LogP contribution is -2.51. The number of amides is 1. The van der Waals surface area contributed by atoms with Gasteiger partial charge in [0.2, 0.25) is 5.90 Å². The van der Waals surface area contributed by atoms with Gasteiger partial charge in [0.1, 0.15) is 11.5 Å². The molecular weight excluding hydrogens is 610 g/mol. The number of hydrogen-bond donors (Lipinski definition) is 2. The molecule has 11 nitrogen and oxygen atoms in total. The van der Waals surface area contributed by atoms with E-state index in [1.165, 1.54) is 0 Å². The fraction of sp³-hybridized carbons (Fsp3) is 0.412. The van der Waals surface area contributed by atoms with Crippen LogP contribution < -0.4 is 14.8 Å². The minimum atomic E-state index is -3.76. The molecule has 1 amide bonds. The van der Waals surface area contributed by atoms with Crippen molar-refractivity contribution >= 4 is 21.6 Å². The molecule has 2 N–H and O–H groups in total. The Hall–Kier alpha value is -3.97. The van der Waals surface area contributed by atoms with E-state index in [1.54, 1.807) is 79.9 Å². The molecule has 0 saturated carbocycles. The highest BCUT2D eigenvalue weighted by Gasteiger charge is 2.53. The molecule has 0 radical (unpaired) electrons. The lowest BCUT2D eigenvalue weighted by Gasteiger charge is -2.31. The van der Waals surface area contributed by atoms with Crippen molar-refractivity contribution in [1.82, 2.24) is 10.2 Å². The quantitative estimate of drug-likeness (QED) is 0.238. The van der Waals surface area contributed by atoms with Gasteiger partial charge in [-0.1, -0.05) is 30.3 Å². The zero-order valence-corrected chi connectivity index (χ0v) is 26.8. The number of carbonyl (C=O) groups excluding carboxylic acids is 1. The van der Waals surface area contributed by atoms with Gasteiger partial charge in [-0.15, -0.1) is 0 Å². The van der Waals surface area contributed by atoms with Crippen molar-refractivity contribution in [2.24, 2.45) is 4.99 Å².